The Kier molecular flexibility index (Phi) is 5.55. The number of benzene rings is 2. The van der Waals surface area contributed by atoms with Crippen LogP contribution in [-0.2, 0) is 4.74 Å². The number of halogens is 1. The molecule has 1 fully saturated rings. The van der Waals surface area contributed by atoms with Gasteiger partial charge in [-0.2, -0.15) is 0 Å². The Labute approximate surface area is 189 Å². The number of cyclic esters (lactones) is 1. The third-order valence-electron chi connectivity index (χ3n) is 6.27. The summed E-state index contributed by atoms with van der Waals surface area (Å²) >= 11 is 0. The SMILES string of the molecule is O=C1OCCN1CCN1CC=C(c2cn(-c3ccc(F)cc3)c3ccc([N+](=O)[O-])cc23)CC1. The molecule has 1 saturated heterocycles. The Hall–Kier alpha value is -3.72. The Bertz CT molecular complexity index is 1250. The van der Waals surface area contributed by atoms with Crippen LogP contribution in [0.15, 0.2) is 54.7 Å². The quantitative estimate of drug-likeness (QED) is 0.415. The maximum atomic E-state index is 13.4. The van der Waals surface area contributed by atoms with Crippen molar-refractivity contribution in [1.82, 2.24) is 14.4 Å². The average molecular weight is 450 g/mol. The molecular weight excluding hydrogens is 427 g/mol. The van der Waals surface area contributed by atoms with Crippen LogP contribution in [0.5, 0.6) is 0 Å². The summed E-state index contributed by atoms with van der Waals surface area (Å²) in [5, 5.41) is 12.2. The van der Waals surface area contributed by atoms with Crippen LogP contribution >= 0.6 is 0 Å². The molecule has 5 rings (SSSR count). The molecule has 170 valence electrons. The topological polar surface area (TPSA) is 80.8 Å². The first-order valence-corrected chi connectivity index (χ1v) is 10.9. The summed E-state index contributed by atoms with van der Waals surface area (Å²) in [6, 6.07) is 11.0. The van der Waals surface area contributed by atoms with Crippen LogP contribution in [0.3, 0.4) is 0 Å². The second kappa shape index (κ2) is 8.67. The third kappa shape index (κ3) is 4.19. The fourth-order valence-corrected chi connectivity index (χ4v) is 4.45. The molecule has 1 aromatic heterocycles. The minimum Gasteiger partial charge on any atom is -0.448 e. The molecule has 0 N–H and O–H groups in total. The van der Waals surface area contributed by atoms with Gasteiger partial charge in [0, 0.05) is 61.1 Å². The Morgan fingerprint density at radius 3 is 2.58 bits per heavy atom. The number of fused-ring (bicyclic) bond motifs is 1. The van der Waals surface area contributed by atoms with E-state index in [0.29, 0.717) is 19.7 Å². The van der Waals surface area contributed by atoms with Crippen molar-refractivity contribution in [3.63, 3.8) is 0 Å². The number of hydrogen-bond donors (Lipinski definition) is 0. The molecular formula is C24H23FN4O4. The third-order valence-corrected chi connectivity index (χ3v) is 6.27. The van der Waals surface area contributed by atoms with Crippen LogP contribution in [0.1, 0.15) is 12.0 Å². The minimum atomic E-state index is -0.390. The standard InChI is InChI=1S/C24H23FN4O4/c25-18-1-3-19(4-2-18)28-16-22(21-15-20(29(31)32)5-6-23(21)28)17-7-9-26(10-8-17)11-12-27-13-14-33-24(27)30/h1-7,15-16H,8-14H2. The van der Waals surface area contributed by atoms with Gasteiger partial charge in [-0.25, -0.2) is 9.18 Å². The van der Waals surface area contributed by atoms with E-state index in [1.54, 1.807) is 29.2 Å². The first-order chi connectivity index (χ1) is 16.0. The number of aromatic nitrogens is 1. The molecule has 0 saturated carbocycles. The fraction of sp³-hybridized carbons (Fsp3) is 0.292. The largest absolute Gasteiger partial charge is 0.448 e. The van der Waals surface area contributed by atoms with E-state index >= 15 is 0 Å². The second-order valence-corrected chi connectivity index (χ2v) is 8.23. The molecule has 0 spiro atoms. The van der Waals surface area contributed by atoms with Gasteiger partial charge in [0.1, 0.15) is 12.4 Å². The van der Waals surface area contributed by atoms with E-state index in [4.69, 9.17) is 4.74 Å². The van der Waals surface area contributed by atoms with Gasteiger partial charge in [-0.1, -0.05) is 6.08 Å². The number of nitrogens with zero attached hydrogens (tertiary/aromatic N) is 4. The van der Waals surface area contributed by atoms with Crippen molar-refractivity contribution < 1.29 is 18.8 Å². The number of hydrogen-bond acceptors (Lipinski definition) is 5. The van der Waals surface area contributed by atoms with Crippen molar-refractivity contribution in [1.29, 1.82) is 0 Å². The second-order valence-electron chi connectivity index (χ2n) is 8.23. The fourth-order valence-electron chi connectivity index (χ4n) is 4.45. The summed E-state index contributed by atoms with van der Waals surface area (Å²) in [4.78, 5) is 26.6. The Morgan fingerprint density at radius 1 is 1.09 bits per heavy atom. The zero-order chi connectivity index (χ0) is 22.9. The van der Waals surface area contributed by atoms with Crippen molar-refractivity contribution in [3.05, 3.63) is 76.2 Å². The number of carbonyl (C=O) groups is 1. The van der Waals surface area contributed by atoms with E-state index in [-0.39, 0.29) is 17.6 Å². The van der Waals surface area contributed by atoms with E-state index in [9.17, 15) is 19.3 Å². The highest BCUT2D eigenvalue weighted by molar-refractivity contribution is 5.95. The Morgan fingerprint density at radius 2 is 1.91 bits per heavy atom. The van der Waals surface area contributed by atoms with Crippen molar-refractivity contribution in [3.8, 4) is 5.69 Å². The first-order valence-electron chi connectivity index (χ1n) is 10.9. The van der Waals surface area contributed by atoms with Crippen molar-refractivity contribution in [2.75, 3.05) is 39.3 Å². The van der Waals surface area contributed by atoms with Gasteiger partial charge in [0.05, 0.1) is 17.0 Å². The van der Waals surface area contributed by atoms with E-state index in [1.807, 2.05) is 10.8 Å². The lowest BCUT2D eigenvalue weighted by molar-refractivity contribution is -0.384. The smallest absolute Gasteiger partial charge is 0.409 e. The predicted molar refractivity (Wildman–Crippen MR) is 122 cm³/mol. The summed E-state index contributed by atoms with van der Waals surface area (Å²) in [5.74, 6) is -0.316. The molecule has 33 heavy (non-hydrogen) atoms. The summed E-state index contributed by atoms with van der Waals surface area (Å²) < 4.78 is 20.4. The van der Waals surface area contributed by atoms with Crippen molar-refractivity contribution in [2.24, 2.45) is 0 Å². The molecule has 2 aromatic carbocycles. The van der Waals surface area contributed by atoms with E-state index in [0.717, 1.165) is 53.8 Å². The van der Waals surface area contributed by atoms with Crippen LogP contribution in [0.25, 0.3) is 22.2 Å². The lowest BCUT2D eigenvalue weighted by atomic mass is 9.98. The molecule has 0 radical (unpaired) electrons. The molecule has 3 aromatic rings. The lowest BCUT2D eigenvalue weighted by Crippen LogP contribution is -2.37. The number of rotatable bonds is 6. The van der Waals surface area contributed by atoms with Gasteiger partial charge >= 0.3 is 6.09 Å². The van der Waals surface area contributed by atoms with Gasteiger partial charge in [-0.05, 0) is 42.3 Å². The highest BCUT2D eigenvalue weighted by atomic mass is 19.1. The van der Waals surface area contributed by atoms with Crippen LogP contribution in [0.2, 0.25) is 0 Å². The summed E-state index contributed by atoms with van der Waals surface area (Å²) in [7, 11) is 0. The summed E-state index contributed by atoms with van der Waals surface area (Å²) in [5.41, 5.74) is 3.73. The molecule has 1 amide bonds. The number of amides is 1. The predicted octanol–water partition coefficient (Wildman–Crippen LogP) is 4.22. The zero-order valence-corrected chi connectivity index (χ0v) is 17.9. The maximum absolute atomic E-state index is 13.4. The summed E-state index contributed by atoms with van der Waals surface area (Å²) in [6.07, 6.45) is 4.66. The van der Waals surface area contributed by atoms with Crippen molar-refractivity contribution in [2.45, 2.75) is 6.42 Å². The van der Waals surface area contributed by atoms with Gasteiger partial charge in [-0.3, -0.25) is 15.0 Å². The van der Waals surface area contributed by atoms with Crippen LogP contribution in [0.4, 0.5) is 14.9 Å². The number of nitro benzene ring substituents is 1. The molecule has 0 aliphatic carbocycles. The number of ether oxygens (including phenoxy) is 1. The molecule has 2 aliphatic heterocycles. The molecule has 9 heteroatoms. The molecule has 2 aliphatic rings. The number of non-ortho nitro benzene ring substituents is 1. The van der Waals surface area contributed by atoms with Crippen LogP contribution < -0.4 is 0 Å². The van der Waals surface area contributed by atoms with E-state index in [1.165, 1.54) is 18.2 Å². The molecule has 0 bridgehead atoms. The average Bonchev–Trinajstić information content (AvgIpc) is 3.41. The van der Waals surface area contributed by atoms with Crippen LogP contribution in [0, 0.1) is 15.9 Å². The monoisotopic (exact) mass is 450 g/mol. The normalized spacial score (nSPS) is 16.8. The lowest BCUT2D eigenvalue weighted by Gasteiger charge is -2.27. The zero-order valence-electron chi connectivity index (χ0n) is 17.9. The van der Waals surface area contributed by atoms with E-state index < -0.39 is 4.92 Å². The van der Waals surface area contributed by atoms with E-state index in [2.05, 4.69) is 11.0 Å². The van der Waals surface area contributed by atoms with Crippen molar-refractivity contribution >= 4 is 28.3 Å². The summed E-state index contributed by atoms with van der Waals surface area (Å²) in [6.45, 7) is 4.05. The number of carbonyl (C=O) groups excluding carboxylic acids is 1. The first kappa shape index (κ1) is 21.1. The molecule has 0 atom stereocenters. The van der Waals surface area contributed by atoms with Gasteiger partial charge in [0.15, 0.2) is 0 Å². The van der Waals surface area contributed by atoms with Gasteiger partial charge in [-0.15, -0.1) is 0 Å². The molecule has 0 unspecified atom stereocenters. The maximum Gasteiger partial charge on any atom is 0.409 e. The van der Waals surface area contributed by atoms with Gasteiger partial charge in [0.25, 0.3) is 5.69 Å². The molecule has 3 heterocycles. The highest BCUT2D eigenvalue weighted by Crippen LogP contribution is 2.34. The Balaban J connectivity index is 1.43. The van der Waals surface area contributed by atoms with Gasteiger partial charge < -0.3 is 14.2 Å². The highest BCUT2D eigenvalue weighted by Gasteiger charge is 2.24. The molecule has 8 nitrogen and oxygen atoms in total. The minimum absolute atomic E-state index is 0.0381. The number of nitro groups is 1. The van der Waals surface area contributed by atoms with Crippen LogP contribution in [-0.4, -0.2) is 64.7 Å². The van der Waals surface area contributed by atoms with Gasteiger partial charge in [0.2, 0.25) is 0 Å².